The molecule has 162 valence electrons. The second-order valence-electron chi connectivity index (χ2n) is 7.50. The first kappa shape index (κ1) is 22.5. The van der Waals surface area contributed by atoms with Gasteiger partial charge in [-0.2, -0.15) is 0 Å². The molecule has 0 aromatic heterocycles. The highest BCUT2D eigenvalue weighted by Crippen LogP contribution is 2.38. The number of nitrogens with zero attached hydrogens (tertiary/aromatic N) is 1. The van der Waals surface area contributed by atoms with Crippen molar-refractivity contribution in [2.75, 3.05) is 17.2 Å². The monoisotopic (exact) mass is 472 g/mol. The molecule has 0 radical (unpaired) electrons. The summed E-state index contributed by atoms with van der Waals surface area (Å²) in [6.45, 7) is 3.05. The van der Waals surface area contributed by atoms with E-state index in [1.807, 2.05) is 0 Å². The Labute approximate surface area is 180 Å². The van der Waals surface area contributed by atoms with Gasteiger partial charge in [0.15, 0.2) is 0 Å². The number of nitrogens with one attached hydrogen (secondary N) is 1. The Hall–Kier alpha value is -2.14. The Morgan fingerprint density at radius 1 is 1.17 bits per heavy atom. The lowest BCUT2D eigenvalue weighted by molar-refractivity contribution is -0.123. The summed E-state index contributed by atoms with van der Waals surface area (Å²) in [4.78, 5) is 12.4. The summed E-state index contributed by atoms with van der Waals surface area (Å²) in [5.74, 6) is -0.960. The molecule has 2 aromatic carbocycles. The van der Waals surface area contributed by atoms with E-state index in [1.54, 1.807) is 24.3 Å². The maximum Gasteiger partial charge on any atom is 0.247 e. The van der Waals surface area contributed by atoms with Crippen LogP contribution in [0.4, 0.5) is 5.69 Å². The van der Waals surface area contributed by atoms with Gasteiger partial charge in [0, 0.05) is 11.6 Å². The number of rotatable bonds is 6. The summed E-state index contributed by atoms with van der Waals surface area (Å²) in [6, 6.07) is 10.4. The SMILES string of the molecule is COc1ccc(N2C(=O)C(C)(C)CS2(=O)=O)cc1S(=O)(=O)NCc1ccc(Cl)cc1. The van der Waals surface area contributed by atoms with Gasteiger partial charge in [-0.3, -0.25) is 4.79 Å². The van der Waals surface area contributed by atoms with Crippen molar-refractivity contribution in [1.29, 1.82) is 0 Å². The molecular weight excluding hydrogens is 452 g/mol. The second kappa shape index (κ2) is 7.84. The van der Waals surface area contributed by atoms with E-state index in [0.29, 0.717) is 14.9 Å². The van der Waals surface area contributed by atoms with Gasteiger partial charge < -0.3 is 4.74 Å². The van der Waals surface area contributed by atoms with E-state index in [4.69, 9.17) is 16.3 Å². The van der Waals surface area contributed by atoms with Gasteiger partial charge in [0.1, 0.15) is 10.6 Å². The molecule has 1 fully saturated rings. The van der Waals surface area contributed by atoms with E-state index in [0.717, 1.165) is 6.07 Å². The third kappa shape index (κ3) is 4.31. The minimum Gasteiger partial charge on any atom is -0.495 e. The van der Waals surface area contributed by atoms with Crippen LogP contribution >= 0.6 is 11.6 Å². The molecular formula is C19H21ClN2O6S2. The highest BCUT2D eigenvalue weighted by Gasteiger charge is 2.50. The lowest BCUT2D eigenvalue weighted by atomic mass is 9.95. The normalized spacial score (nSPS) is 17.9. The molecule has 0 aliphatic carbocycles. The van der Waals surface area contributed by atoms with Crippen molar-refractivity contribution >= 4 is 43.2 Å². The third-order valence-electron chi connectivity index (χ3n) is 4.64. The Morgan fingerprint density at radius 3 is 2.33 bits per heavy atom. The second-order valence-corrected chi connectivity index (χ2v) is 11.5. The number of amides is 1. The van der Waals surface area contributed by atoms with Crippen molar-refractivity contribution in [3.8, 4) is 5.75 Å². The molecule has 1 aliphatic rings. The maximum absolute atomic E-state index is 12.9. The molecule has 0 unspecified atom stereocenters. The van der Waals surface area contributed by atoms with Crippen LogP contribution in [-0.4, -0.2) is 35.6 Å². The predicted molar refractivity (Wildman–Crippen MR) is 114 cm³/mol. The Bertz CT molecular complexity index is 1190. The quantitative estimate of drug-likeness (QED) is 0.691. The zero-order chi connectivity index (χ0) is 22.3. The standard InChI is InChI=1S/C19H21ClN2O6S2/c1-19(2)12-29(24,25)22(18(19)23)15-8-9-16(28-3)17(10-15)30(26,27)21-11-13-4-6-14(20)7-5-13/h4-10,21H,11-12H2,1-3H3. The first-order valence-electron chi connectivity index (χ1n) is 8.87. The number of hydrogen-bond donors (Lipinski definition) is 1. The first-order chi connectivity index (χ1) is 13.9. The number of carbonyl (C=O) groups is 1. The van der Waals surface area contributed by atoms with Crippen molar-refractivity contribution < 1.29 is 26.4 Å². The van der Waals surface area contributed by atoms with Crippen LogP contribution in [0.15, 0.2) is 47.4 Å². The number of sulfonamides is 2. The fourth-order valence-electron chi connectivity index (χ4n) is 3.12. The van der Waals surface area contributed by atoms with Gasteiger partial charge in [-0.05, 0) is 49.7 Å². The van der Waals surface area contributed by atoms with Crippen molar-refractivity contribution in [1.82, 2.24) is 4.72 Å². The molecule has 3 rings (SSSR count). The van der Waals surface area contributed by atoms with E-state index in [9.17, 15) is 21.6 Å². The minimum atomic E-state index is -4.09. The van der Waals surface area contributed by atoms with Crippen LogP contribution < -0.4 is 13.8 Å². The molecule has 1 aliphatic heterocycles. The Morgan fingerprint density at radius 2 is 1.80 bits per heavy atom. The lowest BCUT2D eigenvalue weighted by Gasteiger charge is -2.19. The van der Waals surface area contributed by atoms with Crippen LogP contribution in [0.5, 0.6) is 5.75 Å². The zero-order valence-corrected chi connectivity index (χ0v) is 18.9. The highest BCUT2D eigenvalue weighted by atomic mass is 35.5. The third-order valence-corrected chi connectivity index (χ3v) is 8.33. The van der Waals surface area contributed by atoms with Crippen LogP contribution in [0.2, 0.25) is 5.02 Å². The van der Waals surface area contributed by atoms with E-state index in [1.165, 1.54) is 33.1 Å². The van der Waals surface area contributed by atoms with Crippen LogP contribution in [0.25, 0.3) is 0 Å². The van der Waals surface area contributed by atoms with Crippen molar-refractivity contribution in [3.63, 3.8) is 0 Å². The average molecular weight is 473 g/mol. The summed E-state index contributed by atoms with van der Waals surface area (Å²) >= 11 is 5.84. The molecule has 1 heterocycles. The van der Waals surface area contributed by atoms with Gasteiger partial charge >= 0.3 is 0 Å². The summed E-state index contributed by atoms with van der Waals surface area (Å²) in [5.41, 5.74) is -0.486. The molecule has 11 heteroatoms. The van der Waals surface area contributed by atoms with E-state index >= 15 is 0 Å². The van der Waals surface area contributed by atoms with Gasteiger partial charge in [0.05, 0.1) is 24.0 Å². The zero-order valence-electron chi connectivity index (χ0n) is 16.5. The molecule has 0 spiro atoms. The number of anilines is 1. The van der Waals surface area contributed by atoms with Crippen molar-refractivity contribution in [3.05, 3.63) is 53.1 Å². The van der Waals surface area contributed by atoms with Crippen LogP contribution in [-0.2, 0) is 31.4 Å². The molecule has 1 N–H and O–H groups in total. The summed E-state index contributed by atoms with van der Waals surface area (Å²) in [6.07, 6.45) is 0. The molecule has 0 bridgehead atoms. The maximum atomic E-state index is 12.9. The summed E-state index contributed by atoms with van der Waals surface area (Å²) < 4.78 is 59.2. The molecule has 1 saturated heterocycles. The van der Waals surface area contributed by atoms with E-state index in [2.05, 4.69) is 4.72 Å². The number of methoxy groups -OCH3 is 1. The minimum absolute atomic E-state index is 0.0130. The van der Waals surface area contributed by atoms with Gasteiger partial charge in [-0.1, -0.05) is 23.7 Å². The topological polar surface area (TPSA) is 110 Å². The summed E-state index contributed by atoms with van der Waals surface area (Å²) in [5, 5.41) is 0.524. The number of hydrogen-bond acceptors (Lipinski definition) is 6. The first-order valence-corrected chi connectivity index (χ1v) is 12.3. The predicted octanol–water partition coefficient (Wildman–Crippen LogP) is 2.53. The van der Waals surface area contributed by atoms with Crippen molar-refractivity contribution in [2.45, 2.75) is 25.3 Å². The largest absolute Gasteiger partial charge is 0.495 e. The smallest absolute Gasteiger partial charge is 0.247 e. The van der Waals surface area contributed by atoms with Gasteiger partial charge in [-0.15, -0.1) is 0 Å². The Balaban J connectivity index is 1.98. The molecule has 8 nitrogen and oxygen atoms in total. The van der Waals surface area contributed by atoms with Gasteiger partial charge in [0.25, 0.3) is 0 Å². The highest BCUT2D eigenvalue weighted by molar-refractivity contribution is 7.94. The van der Waals surface area contributed by atoms with Crippen LogP contribution in [0.3, 0.4) is 0 Å². The van der Waals surface area contributed by atoms with E-state index in [-0.39, 0.29) is 28.6 Å². The number of halogens is 1. The van der Waals surface area contributed by atoms with Crippen LogP contribution in [0, 0.1) is 5.41 Å². The van der Waals surface area contributed by atoms with Gasteiger partial charge in [-0.25, -0.2) is 25.9 Å². The number of carbonyl (C=O) groups excluding carboxylic acids is 1. The number of ether oxygens (including phenoxy) is 1. The molecule has 1 amide bonds. The average Bonchev–Trinajstić information content (AvgIpc) is 2.83. The molecule has 30 heavy (non-hydrogen) atoms. The Kier molecular flexibility index (Phi) is 5.89. The fraction of sp³-hybridized carbons (Fsp3) is 0.316. The molecule has 2 aromatic rings. The molecule has 0 saturated carbocycles. The lowest BCUT2D eigenvalue weighted by Crippen LogP contribution is -2.33. The fourth-order valence-corrected chi connectivity index (χ4v) is 6.55. The molecule has 0 atom stereocenters. The van der Waals surface area contributed by atoms with Crippen molar-refractivity contribution in [2.24, 2.45) is 5.41 Å². The van der Waals surface area contributed by atoms with Gasteiger partial charge in [0.2, 0.25) is 26.0 Å². The number of benzene rings is 2. The summed E-state index contributed by atoms with van der Waals surface area (Å²) in [7, 11) is -6.71. The van der Waals surface area contributed by atoms with E-state index < -0.39 is 31.4 Å². The van der Waals surface area contributed by atoms with Crippen LogP contribution in [0.1, 0.15) is 19.4 Å².